The number of nitrogens with zero attached hydrogens (tertiary/aromatic N) is 1. The van der Waals surface area contributed by atoms with Crippen molar-refractivity contribution >= 4 is 11.8 Å². The van der Waals surface area contributed by atoms with Gasteiger partial charge in [-0.25, -0.2) is 0 Å². The zero-order valence-electron chi connectivity index (χ0n) is 10.0. The molecule has 0 bridgehead atoms. The van der Waals surface area contributed by atoms with Gasteiger partial charge in [0.2, 0.25) is 11.8 Å². The average molecular weight is 237 g/mol. The number of carbonyl (C=O) groups excluding carboxylic acids is 2. The molecule has 0 radical (unpaired) electrons. The fourth-order valence-corrected chi connectivity index (χ4v) is 3.27. The summed E-state index contributed by atoms with van der Waals surface area (Å²) in [5, 5.41) is 9.30. The zero-order chi connectivity index (χ0) is 12.0. The normalized spacial score (nSPS) is 35.0. The van der Waals surface area contributed by atoms with Gasteiger partial charge in [-0.2, -0.15) is 0 Å². The molecule has 0 spiro atoms. The number of fused-ring (bicyclic) bond motifs is 1. The lowest BCUT2D eigenvalue weighted by molar-refractivity contribution is -0.141. The van der Waals surface area contributed by atoms with Crippen LogP contribution in [0.4, 0.5) is 0 Å². The van der Waals surface area contributed by atoms with Gasteiger partial charge in [0.25, 0.3) is 0 Å². The summed E-state index contributed by atoms with van der Waals surface area (Å²) in [7, 11) is 0. The third-order valence-corrected chi connectivity index (χ3v) is 4.72. The van der Waals surface area contributed by atoms with Gasteiger partial charge in [-0.1, -0.05) is 12.8 Å². The molecule has 17 heavy (non-hydrogen) atoms. The highest BCUT2D eigenvalue weighted by Gasteiger charge is 2.53. The molecule has 2 unspecified atom stereocenters. The maximum atomic E-state index is 12.2. The first kappa shape index (κ1) is 11.2. The van der Waals surface area contributed by atoms with Gasteiger partial charge >= 0.3 is 0 Å². The topological polar surface area (TPSA) is 57.6 Å². The Morgan fingerprint density at radius 3 is 2.06 bits per heavy atom. The second kappa shape index (κ2) is 3.80. The molecule has 0 aromatic rings. The second-order valence-corrected chi connectivity index (χ2v) is 5.92. The van der Waals surface area contributed by atoms with E-state index >= 15 is 0 Å². The van der Waals surface area contributed by atoms with Crippen molar-refractivity contribution in [3.8, 4) is 0 Å². The van der Waals surface area contributed by atoms with Crippen LogP contribution in [-0.4, -0.2) is 35.0 Å². The summed E-state index contributed by atoms with van der Waals surface area (Å²) >= 11 is 0. The predicted octanol–water partition coefficient (Wildman–Crippen LogP) is 0.934. The number of imide groups is 1. The van der Waals surface area contributed by atoms with E-state index in [1.807, 2.05) is 0 Å². The second-order valence-electron chi connectivity index (χ2n) is 5.92. The van der Waals surface area contributed by atoms with Gasteiger partial charge in [-0.15, -0.1) is 0 Å². The van der Waals surface area contributed by atoms with Crippen molar-refractivity contribution in [1.82, 2.24) is 4.90 Å². The number of aliphatic hydroxyl groups excluding tert-OH is 1. The number of carbonyl (C=O) groups is 2. The molecule has 3 rings (SSSR count). The largest absolute Gasteiger partial charge is 0.396 e. The Morgan fingerprint density at radius 1 is 1.12 bits per heavy atom. The predicted molar refractivity (Wildman–Crippen MR) is 60.9 cm³/mol. The van der Waals surface area contributed by atoms with Crippen molar-refractivity contribution in [1.29, 1.82) is 0 Å². The van der Waals surface area contributed by atoms with Crippen LogP contribution in [0.3, 0.4) is 0 Å². The molecule has 1 aliphatic heterocycles. The molecule has 2 saturated carbocycles. The van der Waals surface area contributed by atoms with Crippen LogP contribution in [-0.2, 0) is 9.59 Å². The molecule has 0 aromatic carbocycles. The van der Waals surface area contributed by atoms with Crippen molar-refractivity contribution in [2.75, 3.05) is 13.2 Å². The highest BCUT2D eigenvalue weighted by atomic mass is 16.3. The van der Waals surface area contributed by atoms with Crippen molar-refractivity contribution in [3.05, 3.63) is 0 Å². The minimum atomic E-state index is -0.154. The maximum Gasteiger partial charge on any atom is 0.233 e. The monoisotopic (exact) mass is 237 g/mol. The average Bonchev–Trinajstić information content (AvgIpc) is 3.10. The highest BCUT2D eigenvalue weighted by molar-refractivity contribution is 6.05. The van der Waals surface area contributed by atoms with Gasteiger partial charge in [0.15, 0.2) is 0 Å². The molecule has 2 amide bonds. The molecule has 3 fully saturated rings. The van der Waals surface area contributed by atoms with E-state index in [1.165, 1.54) is 4.90 Å². The summed E-state index contributed by atoms with van der Waals surface area (Å²) in [6.07, 6.45) is 5.76. The Kier molecular flexibility index (Phi) is 2.51. The number of rotatable bonds is 3. The lowest BCUT2D eigenvalue weighted by Crippen LogP contribution is -2.37. The Bertz CT molecular complexity index is 338. The van der Waals surface area contributed by atoms with Gasteiger partial charge in [0.1, 0.15) is 0 Å². The molecule has 3 aliphatic rings. The van der Waals surface area contributed by atoms with E-state index in [0.29, 0.717) is 6.54 Å². The first-order valence-corrected chi connectivity index (χ1v) is 6.63. The lowest BCUT2D eigenvalue weighted by Gasteiger charge is -2.20. The number of aliphatic hydroxyl groups is 1. The molecular weight excluding hydrogens is 218 g/mol. The molecule has 2 atom stereocenters. The Labute approximate surface area is 101 Å². The number of likely N-dealkylation sites (tertiary alicyclic amines) is 1. The van der Waals surface area contributed by atoms with Crippen LogP contribution >= 0.6 is 0 Å². The van der Waals surface area contributed by atoms with Gasteiger partial charge in [0.05, 0.1) is 18.4 Å². The third-order valence-electron chi connectivity index (χ3n) is 4.72. The Hall–Kier alpha value is -0.900. The van der Waals surface area contributed by atoms with Crippen molar-refractivity contribution in [3.63, 3.8) is 0 Å². The molecule has 2 aliphatic carbocycles. The Balaban J connectivity index is 1.76. The summed E-state index contributed by atoms with van der Waals surface area (Å²) in [5.74, 6) is -0.0460. The number of hydrogen-bond donors (Lipinski definition) is 1. The lowest BCUT2D eigenvalue weighted by atomic mass is 9.81. The summed E-state index contributed by atoms with van der Waals surface area (Å²) in [6.45, 7) is 0.549. The van der Waals surface area contributed by atoms with Crippen LogP contribution in [0.25, 0.3) is 0 Å². The van der Waals surface area contributed by atoms with E-state index in [0.717, 1.165) is 38.5 Å². The van der Waals surface area contributed by atoms with E-state index in [9.17, 15) is 14.7 Å². The van der Waals surface area contributed by atoms with Crippen LogP contribution in [0.5, 0.6) is 0 Å². The van der Waals surface area contributed by atoms with E-state index in [1.54, 1.807) is 0 Å². The molecular formula is C13H19NO3. The molecule has 4 heteroatoms. The van der Waals surface area contributed by atoms with Crippen LogP contribution in [0.2, 0.25) is 0 Å². The minimum Gasteiger partial charge on any atom is -0.396 e. The highest BCUT2D eigenvalue weighted by Crippen LogP contribution is 2.48. The quantitative estimate of drug-likeness (QED) is 0.743. The molecule has 94 valence electrons. The van der Waals surface area contributed by atoms with Crippen LogP contribution < -0.4 is 0 Å². The molecule has 1 saturated heterocycles. The zero-order valence-corrected chi connectivity index (χ0v) is 10.0. The van der Waals surface area contributed by atoms with Gasteiger partial charge in [-0.3, -0.25) is 14.5 Å². The van der Waals surface area contributed by atoms with Crippen molar-refractivity contribution in [2.24, 2.45) is 17.3 Å². The van der Waals surface area contributed by atoms with Crippen molar-refractivity contribution in [2.45, 2.75) is 38.5 Å². The summed E-state index contributed by atoms with van der Waals surface area (Å²) in [6, 6.07) is 0. The first-order valence-electron chi connectivity index (χ1n) is 6.63. The van der Waals surface area contributed by atoms with E-state index in [2.05, 4.69) is 0 Å². The maximum absolute atomic E-state index is 12.2. The summed E-state index contributed by atoms with van der Waals surface area (Å²) in [4.78, 5) is 25.8. The van der Waals surface area contributed by atoms with Crippen molar-refractivity contribution < 1.29 is 14.7 Å². The van der Waals surface area contributed by atoms with Crippen LogP contribution in [0.15, 0.2) is 0 Å². The van der Waals surface area contributed by atoms with Gasteiger partial charge in [0, 0.05) is 12.0 Å². The summed E-state index contributed by atoms with van der Waals surface area (Å²) in [5.41, 5.74) is -0.154. The fourth-order valence-electron chi connectivity index (χ4n) is 3.27. The molecule has 1 N–H and O–H groups in total. The van der Waals surface area contributed by atoms with Gasteiger partial charge in [-0.05, 0) is 25.7 Å². The van der Waals surface area contributed by atoms with Gasteiger partial charge < -0.3 is 5.11 Å². The molecule has 0 aromatic heterocycles. The Morgan fingerprint density at radius 2 is 1.65 bits per heavy atom. The molecule has 4 nitrogen and oxygen atoms in total. The van der Waals surface area contributed by atoms with E-state index < -0.39 is 0 Å². The smallest absolute Gasteiger partial charge is 0.233 e. The minimum absolute atomic E-state index is 0.0272. The summed E-state index contributed by atoms with van der Waals surface area (Å²) < 4.78 is 0. The molecule has 1 heterocycles. The van der Waals surface area contributed by atoms with Crippen LogP contribution in [0, 0.1) is 17.3 Å². The van der Waals surface area contributed by atoms with E-state index in [-0.39, 0.29) is 35.7 Å². The SMILES string of the molecule is O=C1C2CCCCC2C(=O)N1CC1(CO)CC1. The number of hydrogen-bond acceptors (Lipinski definition) is 3. The van der Waals surface area contributed by atoms with E-state index in [4.69, 9.17) is 0 Å². The third kappa shape index (κ3) is 1.69. The first-order chi connectivity index (χ1) is 8.17. The number of amides is 2. The van der Waals surface area contributed by atoms with Crippen LogP contribution in [0.1, 0.15) is 38.5 Å². The fraction of sp³-hybridized carbons (Fsp3) is 0.846. The standard InChI is InChI=1S/C13H19NO3/c15-8-13(5-6-13)7-14-11(16)9-3-1-2-4-10(9)12(14)17/h9-10,15H,1-8H2.